The summed E-state index contributed by atoms with van der Waals surface area (Å²) in [5, 5.41) is 16.4. The van der Waals surface area contributed by atoms with Gasteiger partial charge < -0.3 is 16.0 Å². The Morgan fingerprint density at radius 3 is 2.17 bits per heavy atom. The Kier molecular flexibility index (Phi) is 5.26. The maximum absolute atomic E-state index is 12.0. The van der Waals surface area contributed by atoms with Crippen molar-refractivity contribution in [1.82, 2.24) is 0 Å². The lowest BCUT2D eigenvalue weighted by molar-refractivity contribution is -0.133. The molecule has 7 heteroatoms. The summed E-state index contributed by atoms with van der Waals surface area (Å²) in [4.78, 5) is 34.9. The van der Waals surface area contributed by atoms with Crippen LogP contribution in [0.1, 0.15) is 12.5 Å². The molecule has 0 aromatic heterocycles. The number of nitrogens with one attached hydrogen (secondary N) is 3. The molecule has 24 heavy (non-hydrogen) atoms. The lowest BCUT2D eigenvalue weighted by atomic mass is 10.2. The summed E-state index contributed by atoms with van der Waals surface area (Å²) in [6, 6.07) is 14.7. The molecule has 0 atom stereocenters. The van der Waals surface area contributed by atoms with Crippen molar-refractivity contribution in [2.75, 3.05) is 16.0 Å². The molecule has 0 saturated carbocycles. The van der Waals surface area contributed by atoms with E-state index in [1.807, 2.05) is 6.07 Å². The Morgan fingerprint density at radius 2 is 1.50 bits per heavy atom. The molecule has 0 aliphatic carbocycles. The number of nitriles is 1. The molecule has 0 saturated heterocycles. The average molecular weight is 322 g/mol. The van der Waals surface area contributed by atoms with E-state index in [1.54, 1.807) is 30.3 Å². The van der Waals surface area contributed by atoms with Crippen LogP contribution in [0, 0.1) is 11.3 Å². The molecule has 2 aromatic carbocycles. The van der Waals surface area contributed by atoms with Crippen molar-refractivity contribution in [2.45, 2.75) is 6.92 Å². The molecular formula is C17H14N4O3. The predicted molar refractivity (Wildman–Crippen MR) is 89.2 cm³/mol. The van der Waals surface area contributed by atoms with Crippen molar-refractivity contribution < 1.29 is 14.4 Å². The summed E-state index contributed by atoms with van der Waals surface area (Å²) in [5.74, 6) is -2.03. The van der Waals surface area contributed by atoms with Crippen LogP contribution < -0.4 is 16.0 Å². The lowest BCUT2D eigenvalue weighted by Crippen LogP contribution is -2.29. The first kappa shape index (κ1) is 16.7. The first-order valence-corrected chi connectivity index (χ1v) is 6.98. The maximum Gasteiger partial charge on any atom is 0.314 e. The number of hydrogen-bond donors (Lipinski definition) is 3. The van der Waals surface area contributed by atoms with Crippen LogP contribution >= 0.6 is 0 Å². The van der Waals surface area contributed by atoms with Crippen molar-refractivity contribution in [1.29, 1.82) is 5.26 Å². The average Bonchev–Trinajstić information content (AvgIpc) is 2.55. The quantitative estimate of drug-likeness (QED) is 0.751. The minimum atomic E-state index is -0.900. The second-order valence-electron chi connectivity index (χ2n) is 4.83. The number of amides is 3. The molecule has 0 fully saturated rings. The van der Waals surface area contributed by atoms with Gasteiger partial charge >= 0.3 is 11.8 Å². The molecule has 3 N–H and O–H groups in total. The molecule has 0 bridgehead atoms. The van der Waals surface area contributed by atoms with Gasteiger partial charge in [0.25, 0.3) is 0 Å². The standard InChI is InChI=1S/C17H14N4O3/c1-11(22)19-13-6-4-7-14(9-13)20-16(23)17(24)21-15-8-3-2-5-12(15)10-18/h2-9H,1H3,(H,19,22)(H,20,23)(H,21,24). The number of para-hydroxylation sites is 1. The molecule has 0 unspecified atom stereocenters. The molecule has 0 aliphatic rings. The Labute approximate surface area is 138 Å². The number of carbonyl (C=O) groups is 3. The van der Waals surface area contributed by atoms with Crippen LogP contribution in [0.5, 0.6) is 0 Å². The van der Waals surface area contributed by atoms with Gasteiger partial charge in [-0.2, -0.15) is 5.26 Å². The van der Waals surface area contributed by atoms with Gasteiger partial charge in [0, 0.05) is 18.3 Å². The number of carbonyl (C=O) groups excluding carboxylic acids is 3. The third-order valence-corrected chi connectivity index (χ3v) is 2.94. The fourth-order valence-electron chi connectivity index (χ4n) is 1.93. The minimum absolute atomic E-state index is 0.246. The smallest absolute Gasteiger partial charge is 0.314 e. The van der Waals surface area contributed by atoms with E-state index < -0.39 is 11.8 Å². The van der Waals surface area contributed by atoms with E-state index >= 15 is 0 Å². The van der Waals surface area contributed by atoms with E-state index in [9.17, 15) is 14.4 Å². The Balaban J connectivity index is 2.05. The maximum atomic E-state index is 12.0. The summed E-state index contributed by atoms with van der Waals surface area (Å²) in [6.07, 6.45) is 0. The van der Waals surface area contributed by atoms with Gasteiger partial charge in [0.05, 0.1) is 11.3 Å². The van der Waals surface area contributed by atoms with Crippen LogP contribution in [0.4, 0.5) is 17.1 Å². The van der Waals surface area contributed by atoms with Crippen LogP contribution in [0.3, 0.4) is 0 Å². The fourth-order valence-corrected chi connectivity index (χ4v) is 1.93. The Morgan fingerprint density at radius 1 is 0.875 bits per heavy atom. The molecule has 7 nitrogen and oxygen atoms in total. The van der Waals surface area contributed by atoms with Crippen molar-refractivity contribution in [3.05, 3.63) is 54.1 Å². The molecule has 0 radical (unpaired) electrons. The molecule has 0 heterocycles. The highest BCUT2D eigenvalue weighted by molar-refractivity contribution is 6.43. The van der Waals surface area contributed by atoms with E-state index in [0.29, 0.717) is 11.4 Å². The second kappa shape index (κ2) is 7.56. The van der Waals surface area contributed by atoms with Gasteiger partial charge in [-0.15, -0.1) is 0 Å². The molecule has 120 valence electrons. The van der Waals surface area contributed by atoms with Gasteiger partial charge in [0.2, 0.25) is 5.91 Å². The third-order valence-electron chi connectivity index (χ3n) is 2.94. The highest BCUT2D eigenvalue weighted by atomic mass is 16.2. The molecular weight excluding hydrogens is 308 g/mol. The van der Waals surface area contributed by atoms with Crippen LogP contribution in [0.15, 0.2) is 48.5 Å². The van der Waals surface area contributed by atoms with Crippen molar-refractivity contribution in [3.8, 4) is 6.07 Å². The summed E-state index contributed by atoms with van der Waals surface area (Å²) in [5.41, 5.74) is 1.36. The normalized spacial score (nSPS) is 9.50. The SMILES string of the molecule is CC(=O)Nc1cccc(NC(=O)C(=O)Nc2ccccc2C#N)c1. The highest BCUT2D eigenvalue weighted by Crippen LogP contribution is 2.16. The first-order chi connectivity index (χ1) is 11.5. The Hall–Kier alpha value is -3.66. The minimum Gasteiger partial charge on any atom is -0.326 e. The van der Waals surface area contributed by atoms with E-state index in [1.165, 1.54) is 25.1 Å². The predicted octanol–water partition coefficient (Wildman–Crippen LogP) is 2.09. The monoisotopic (exact) mass is 322 g/mol. The molecule has 3 amide bonds. The second-order valence-corrected chi connectivity index (χ2v) is 4.83. The summed E-state index contributed by atoms with van der Waals surface area (Å²) in [6.45, 7) is 1.37. The third kappa shape index (κ3) is 4.42. The molecule has 2 aromatic rings. The van der Waals surface area contributed by atoms with Crippen LogP contribution in [-0.2, 0) is 14.4 Å². The van der Waals surface area contributed by atoms with E-state index in [2.05, 4.69) is 16.0 Å². The summed E-state index contributed by atoms with van der Waals surface area (Å²) >= 11 is 0. The first-order valence-electron chi connectivity index (χ1n) is 6.98. The highest BCUT2D eigenvalue weighted by Gasteiger charge is 2.15. The van der Waals surface area contributed by atoms with Gasteiger partial charge in [-0.3, -0.25) is 14.4 Å². The van der Waals surface area contributed by atoms with Crippen molar-refractivity contribution in [3.63, 3.8) is 0 Å². The zero-order valence-corrected chi connectivity index (χ0v) is 12.8. The van der Waals surface area contributed by atoms with E-state index in [-0.39, 0.29) is 17.2 Å². The van der Waals surface area contributed by atoms with Crippen molar-refractivity contribution >= 4 is 34.8 Å². The molecule has 0 aliphatic heterocycles. The van der Waals surface area contributed by atoms with Crippen LogP contribution in [0.25, 0.3) is 0 Å². The van der Waals surface area contributed by atoms with Gasteiger partial charge in [0.15, 0.2) is 0 Å². The topological polar surface area (TPSA) is 111 Å². The summed E-state index contributed by atoms with van der Waals surface area (Å²) in [7, 11) is 0. The van der Waals surface area contributed by atoms with Gasteiger partial charge in [-0.25, -0.2) is 0 Å². The number of hydrogen-bond acceptors (Lipinski definition) is 4. The lowest BCUT2D eigenvalue weighted by Gasteiger charge is -2.09. The molecule has 0 spiro atoms. The van der Waals surface area contributed by atoms with Gasteiger partial charge in [-0.05, 0) is 30.3 Å². The number of benzene rings is 2. The zero-order chi connectivity index (χ0) is 17.5. The number of anilines is 3. The van der Waals surface area contributed by atoms with E-state index in [0.717, 1.165) is 0 Å². The van der Waals surface area contributed by atoms with Gasteiger partial charge in [0.1, 0.15) is 6.07 Å². The van der Waals surface area contributed by atoms with Crippen molar-refractivity contribution in [2.24, 2.45) is 0 Å². The molecule has 2 rings (SSSR count). The van der Waals surface area contributed by atoms with E-state index in [4.69, 9.17) is 5.26 Å². The number of nitrogens with zero attached hydrogens (tertiary/aromatic N) is 1. The Bertz CT molecular complexity index is 840. The van der Waals surface area contributed by atoms with Crippen LogP contribution in [-0.4, -0.2) is 17.7 Å². The van der Waals surface area contributed by atoms with Crippen LogP contribution in [0.2, 0.25) is 0 Å². The fraction of sp³-hybridized carbons (Fsp3) is 0.0588. The summed E-state index contributed by atoms with van der Waals surface area (Å²) < 4.78 is 0. The van der Waals surface area contributed by atoms with Gasteiger partial charge in [-0.1, -0.05) is 18.2 Å². The number of rotatable bonds is 3. The zero-order valence-electron chi connectivity index (χ0n) is 12.8. The largest absolute Gasteiger partial charge is 0.326 e.